The maximum atomic E-state index is 12.1. The summed E-state index contributed by atoms with van der Waals surface area (Å²) in [5.74, 6) is -0.552. The van der Waals surface area contributed by atoms with Gasteiger partial charge in [-0.15, -0.1) is 11.8 Å². The first-order valence-corrected chi connectivity index (χ1v) is 8.29. The van der Waals surface area contributed by atoms with Crippen molar-refractivity contribution in [2.24, 2.45) is 5.73 Å². The van der Waals surface area contributed by atoms with Gasteiger partial charge in [-0.25, -0.2) is 0 Å². The minimum atomic E-state index is -0.802. The van der Waals surface area contributed by atoms with Crippen LogP contribution in [0.2, 0.25) is 0 Å². The summed E-state index contributed by atoms with van der Waals surface area (Å²) in [6, 6.07) is 14.3. The Labute approximate surface area is 140 Å². The molecule has 2 aromatic rings. The number of primary amides is 1. The molecule has 0 aliphatic heterocycles. The maximum absolute atomic E-state index is 12.1. The molecule has 2 aromatic carbocycles. The molecule has 0 saturated carbocycles. The van der Waals surface area contributed by atoms with Crippen LogP contribution in [-0.2, 0) is 9.59 Å². The van der Waals surface area contributed by atoms with Gasteiger partial charge in [0.25, 0.3) is 0 Å². The van der Waals surface area contributed by atoms with Crippen molar-refractivity contribution in [1.82, 2.24) is 5.32 Å². The Balaban J connectivity index is 1.98. The lowest BCUT2D eigenvalue weighted by Crippen LogP contribution is -2.38. The van der Waals surface area contributed by atoms with Crippen LogP contribution in [0.3, 0.4) is 0 Å². The number of amides is 2. The number of nitrogens with two attached hydrogens (primary N) is 1. The van der Waals surface area contributed by atoms with Crippen molar-refractivity contribution < 1.29 is 9.59 Å². The van der Waals surface area contributed by atoms with Crippen LogP contribution in [0.15, 0.2) is 53.4 Å². The summed E-state index contributed by atoms with van der Waals surface area (Å²) in [5, 5.41) is 2.70. The Morgan fingerprint density at radius 3 is 2.43 bits per heavy atom. The molecule has 4 nitrogen and oxygen atoms in total. The molecule has 0 radical (unpaired) electrons. The van der Waals surface area contributed by atoms with E-state index in [0.29, 0.717) is 5.56 Å². The number of hydrogen-bond donors (Lipinski definition) is 2. The van der Waals surface area contributed by atoms with E-state index in [-0.39, 0.29) is 11.7 Å². The van der Waals surface area contributed by atoms with Gasteiger partial charge in [0.2, 0.25) is 11.8 Å². The Kier molecular flexibility index (Phi) is 5.82. The van der Waals surface area contributed by atoms with Gasteiger partial charge in [-0.2, -0.15) is 0 Å². The van der Waals surface area contributed by atoms with Crippen molar-refractivity contribution in [2.75, 3.05) is 5.75 Å². The fourth-order valence-electron chi connectivity index (χ4n) is 2.27. The molecule has 0 aliphatic carbocycles. The molecule has 5 heteroatoms. The Bertz CT molecular complexity index is 701. The number of carbonyl (C=O) groups excluding carboxylic acids is 2. The van der Waals surface area contributed by atoms with Crippen molar-refractivity contribution in [3.05, 3.63) is 65.2 Å². The Morgan fingerprint density at radius 1 is 1.13 bits per heavy atom. The first kappa shape index (κ1) is 17.1. The van der Waals surface area contributed by atoms with E-state index in [1.54, 1.807) is 12.1 Å². The zero-order valence-electron chi connectivity index (χ0n) is 13.2. The van der Waals surface area contributed by atoms with Gasteiger partial charge >= 0.3 is 0 Å². The standard InChI is InChI=1S/C18H20N2O2S/c1-12-8-9-15(13(2)10-12)23-11-16(21)20-17(18(19)22)14-6-4-3-5-7-14/h3-10,17H,11H2,1-2H3,(H2,19,22)(H,20,21)/t17-/m0/s1. The third-order valence-corrected chi connectivity index (χ3v) is 4.59. The molecule has 1 atom stereocenters. The number of nitrogens with one attached hydrogen (secondary N) is 1. The van der Waals surface area contributed by atoms with Crippen molar-refractivity contribution in [2.45, 2.75) is 24.8 Å². The lowest BCUT2D eigenvalue weighted by atomic mass is 10.1. The third kappa shape index (κ3) is 4.86. The van der Waals surface area contributed by atoms with Gasteiger partial charge in [0.05, 0.1) is 5.75 Å². The quantitative estimate of drug-likeness (QED) is 0.801. The molecule has 0 heterocycles. The van der Waals surface area contributed by atoms with E-state index in [0.717, 1.165) is 10.5 Å². The molecular weight excluding hydrogens is 308 g/mol. The van der Waals surface area contributed by atoms with Crippen LogP contribution < -0.4 is 11.1 Å². The molecule has 0 saturated heterocycles. The molecule has 0 unspecified atom stereocenters. The second kappa shape index (κ2) is 7.83. The fraction of sp³-hybridized carbons (Fsp3) is 0.222. The summed E-state index contributed by atoms with van der Waals surface area (Å²) in [4.78, 5) is 24.8. The van der Waals surface area contributed by atoms with E-state index in [4.69, 9.17) is 5.73 Å². The van der Waals surface area contributed by atoms with Crippen LogP contribution in [0.4, 0.5) is 0 Å². The van der Waals surface area contributed by atoms with E-state index in [2.05, 4.69) is 11.4 Å². The zero-order valence-corrected chi connectivity index (χ0v) is 14.0. The van der Waals surface area contributed by atoms with Gasteiger partial charge in [-0.1, -0.05) is 48.0 Å². The van der Waals surface area contributed by atoms with E-state index in [1.807, 2.05) is 44.2 Å². The smallest absolute Gasteiger partial charge is 0.244 e. The largest absolute Gasteiger partial charge is 0.368 e. The van der Waals surface area contributed by atoms with E-state index < -0.39 is 11.9 Å². The van der Waals surface area contributed by atoms with Crippen LogP contribution >= 0.6 is 11.8 Å². The lowest BCUT2D eigenvalue weighted by Gasteiger charge is -2.16. The van der Waals surface area contributed by atoms with E-state index in [1.165, 1.54) is 17.3 Å². The number of rotatable bonds is 6. The molecule has 2 amide bonds. The minimum Gasteiger partial charge on any atom is -0.368 e. The summed E-state index contributed by atoms with van der Waals surface area (Å²) in [7, 11) is 0. The van der Waals surface area contributed by atoms with Crippen molar-refractivity contribution in [3.8, 4) is 0 Å². The maximum Gasteiger partial charge on any atom is 0.244 e. The normalized spacial score (nSPS) is 11.7. The second-order valence-corrected chi connectivity index (χ2v) is 6.39. The number of benzene rings is 2. The Hall–Kier alpha value is -2.27. The molecule has 120 valence electrons. The highest BCUT2D eigenvalue weighted by molar-refractivity contribution is 8.00. The van der Waals surface area contributed by atoms with Gasteiger partial charge in [-0.3, -0.25) is 9.59 Å². The molecule has 0 aromatic heterocycles. The molecule has 0 fully saturated rings. The molecule has 0 bridgehead atoms. The average molecular weight is 328 g/mol. The molecule has 3 N–H and O–H groups in total. The minimum absolute atomic E-state index is 0.220. The fourth-order valence-corrected chi connectivity index (χ4v) is 3.09. The molecule has 2 rings (SSSR count). The van der Waals surface area contributed by atoms with Crippen LogP contribution in [-0.4, -0.2) is 17.6 Å². The van der Waals surface area contributed by atoms with Gasteiger partial charge in [-0.05, 0) is 31.0 Å². The number of hydrogen-bond acceptors (Lipinski definition) is 3. The number of carbonyl (C=O) groups is 2. The van der Waals surface area contributed by atoms with Crippen LogP contribution in [0.1, 0.15) is 22.7 Å². The summed E-state index contributed by atoms with van der Waals surface area (Å²) in [6.07, 6.45) is 0. The first-order chi connectivity index (χ1) is 11.0. The van der Waals surface area contributed by atoms with E-state index >= 15 is 0 Å². The van der Waals surface area contributed by atoms with Crippen molar-refractivity contribution in [1.29, 1.82) is 0 Å². The van der Waals surface area contributed by atoms with Gasteiger partial charge in [0, 0.05) is 4.90 Å². The zero-order chi connectivity index (χ0) is 16.8. The highest BCUT2D eigenvalue weighted by atomic mass is 32.2. The second-order valence-electron chi connectivity index (χ2n) is 5.37. The Morgan fingerprint density at radius 2 is 1.83 bits per heavy atom. The monoisotopic (exact) mass is 328 g/mol. The SMILES string of the molecule is Cc1ccc(SCC(=O)N[C@H](C(N)=O)c2ccccc2)c(C)c1. The van der Waals surface area contributed by atoms with Crippen LogP contribution in [0, 0.1) is 13.8 Å². The predicted octanol–water partition coefficient (Wildman–Crippen LogP) is 2.74. The van der Waals surface area contributed by atoms with Gasteiger partial charge < -0.3 is 11.1 Å². The highest BCUT2D eigenvalue weighted by Gasteiger charge is 2.19. The van der Waals surface area contributed by atoms with Crippen molar-refractivity contribution >= 4 is 23.6 Å². The molecule has 23 heavy (non-hydrogen) atoms. The topological polar surface area (TPSA) is 72.2 Å². The van der Waals surface area contributed by atoms with E-state index in [9.17, 15) is 9.59 Å². The number of thioether (sulfide) groups is 1. The summed E-state index contributed by atoms with van der Waals surface area (Å²) >= 11 is 1.45. The predicted molar refractivity (Wildman–Crippen MR) is 93.2 cm³/mol. The molecular formula is C18H20N2O2S. The van der Waals surface area contributed by atoms with Crippen LogP contribution in [0.25, 0.3) is 0 Å². The average Bonchev–Trinajstić information content (AvgIpc) is 2.52. The summed E-state index contributed by atoms with van der Waals surface area (Å²) < 4.78 is 0. The third-order valence-electron chi connectivity index (χ3n) is 3.41. The first-order valence-electron chi connectivity index (χ1n) is 7.31. The van der Waals surface area contributed by atoms with Gasteiger partial charge in [0.15, 0.2) is 0 Å². The van der Waals surface area contributed by atoms with Crippen molar-refractivity contribution in [3.63, 3.8) is 0 Å². The number of aryl methyl sites for hydroxylation is 2. The lowest BCUT2D eigenvalue weighted by molar-refractivity contribution is -0.126. The molecule has 0 spiro atoms. The van der Waals surface area contributed by atoms with Crippen LogP contribution in [0.5, 0.6) is 0 Å². The summed E-state index contributed by atoms with van der Waals surface area (Å²) in [6.45, 7) is 4.05. The highest BCUT2D eigenvalue weighted by Crippen LogP contribution is 2.23. The van der Waals surface area contributed by atoms with Gasteiger partial charge in [0.1, 0.15) is 6.04 Å². The molecule has 0 aliphatic rings. The summed E-state index contributed by atoms with van der Waals surface area (Å²) in [5.41, 5.74) is 8.42.